The number of benzene rings is 3. The molecule has 0 saturated heterocycles. The van der Waals surface area contributed by atoms with Gasteiger partial charge in [0.1, 0.15) is 0 Å². The lowest BCUT2D eigenvalue weighted by Crippen LogP contribution is -2.31. The van der Waals surface area contributed by atoms with Gasteiger partial charge in [0.15, 0.2) is 0 Å². The van der Waals surface area contributed by atoms with Crippen molar-refractivity contribution in [3.05, 3.63) is 94.5 Å². The molecule has 0 unspecified atom stereocenters. The largest absolute Gasteiger partial charge is 0.354 e. The lowest BCUT2D eigenvalue weighted by Gasteiger charge is -2.15. The number of aromatic amines is 1. The molecule has 30 heavy (non-hydrogen) atoms. The minimum Gasteiger partial charge on any atom is -0.354 e. The van der Waals surface area contributed by atoms with E-state index in [9.17, 15) is 9.59 Å². The third-order valence-electron chi connectivity index (χ3n) is 5.79. The smallest absolute Gasteiger partial charge is 0.261 e. The molecule has 0 radical (unpaired) electrons. The van der Waals surface area contributed by atoms with E-state index in [0.717, 1.165) is 27.7 Å². The molecule has 4 aromatic rings. The Hall–Kier alpha value is -3.66. The molecule has 148 valence electrons. The van der Waals surface area contributed by atoms with E-state index >= 15 is 0 Å². The molecule has 2 amide bonds. The Bertz CT molecular complexity index is 1260. The third kappa shape index (κ3) is 2.92. The first kappa shape index (κ1) is 18.4. The van der Waals surface area contributed by atoms with Crippen molar-refractivity contribution in [1.82, 2.24) is 9.88 Å². The van der Waals surface area contributed by atoms with Crippen molar-refractivity contribution >= 4 is 22.7 Å². The number of nitrogens with zero attached hydrogens (tertiary/aromatic N) is 1. The van der Waals surface area contributed by atoms with Crippen LogP contribution in [0.2, 0.25) is 0 Å². The van der Waals surface area contributed by atoms with E-state index in [0.29, 0.717) is 24.1 Å². The quantitative estimate of drug-likeness (QED) is 0.478. The van der Waals surface area contributed by atoms with Gasteiger partial charge in [0.25, 0.3) is 11.8 Å². The summed E-state index contributed by atoms with van der Waals surface area (Å²) < 4.78 is 0. The summed E-state index contributed by atoms with van der Waals surface area (Å²) >= 11 is 0. The molecular weight excluding hydrogens is 372 g/mol. The fourth-order valence-electron chi connectivity index (χ4n) is 4.49. The molecule has 1 aromatic heterocycles. The van der Waals surface area contributed by atoms with Gasteiger partial charge in [0.2, 0.25) is 0 Å². The lowest BCUT2D eigenvalue weighted by molar-refractivity contribution is 0.0656. The molecule has 3 aromatic carbocycles. The van der Waals surface area contributed by atoms with E-state index in [-0.39, 0.29) is 11.8 Å². The van der Waals surface area contributed by atoms with Gasteiger partial charge in [-0.05, 0) is 61.7 Å². The first-order valence-electron chi connectivity index (χ1n) is 10.2. The summed E-state index contributed by atoms with van der Waals surface area (Å²) in [6.45, 7) is 4.54. The molecule has 4 nitrogen and oxygen atoms in total. The summed E-state index contributed by atoms with van der Waals surface area (Å²) in [6, 6.07) is 21.7. The predicted octanol–water partition coefficient (Wildman–Crippen LogP) is 5.29. The van der Waals surface area contributed by atoms with Crippen LogP contribution in [0.1, 0.15) is 37.4 Å². The third-order valence-corrected chi connectivity index (χ3v) is 5.79. The highest BCUT2D eigenvalue weighted by Crippen LogP contribution is 2.32. The minimum atomic E-state index is -0.205. The van der Waals surface area contributed by atoms with Crippen LogP contribution in [0.3, 0.4) is 0 Å². The molecule has 1 N–H and O–H groups in total. The van der Waals surface area contributed by atoms with E-state index in [1.807, 2.05) is 12.1 Å². The van der Waals surface area contributed by atoms with Crippen LogP contribution < -0.4 is 0 Å². The molecule has 0 spiro atoms. The first-order valence-corrected chi connectivity index (χ1v) is 10.2. The van der Waals surface area contributed by atoms with Crippen LogP contribution in [-0.4, -0.2) is 28.2 Å². The molecule has 0 fully saturated rings. The van der Waals surface area contributed by atoms with E-state index in [2.05, 4.69) is 49.2 Å². The number of nitrogens with one attached hydrogen (secondary N) is 1. The zero-order valence-electron chi connectivity index (χ0n) is 17.0. The zero-order valence-corrected chi connectivity index (χ0v) is 17.0. The Kier molecular flexibility index (Phi) is 4.28. The van der Waals surface area contributed by atoms with Crippen molar-refractivity contribution in [1.29, 1.82) is 0 Å². The molecule has 1 aliphatic rings. The maximum Gasteiger partial charge on any atom is 0.261 e. The Balaban J connectivity index is 1.53. The van der Waals surface area contributed by atoms with Crippen LogP contribution in [0.5, 0.6) is 0 Å². The number of imide groups is 1. The number of para-hydroxylation sites is 1. The second kappa shape index (κ2) is 6.99. The number of hydrogen-bond donors (Lipinski definition) is 1. The number of aromatic nitrogens is 1. The van der Waals surface area contributed by atoms with Crippen LogP contribution in [0.15, 0.2) is 66.7 Å². The van der Waals surface area contributed by atoms with Gasteiger partial charge in [-0.2, -0.15) is 0 Å². The van der Waals surface area contributed by atoms with E-state index in [1.165, 1.54) is 16.0 Å². The summed E-state index contributed by atoms with van der Waals surface area (Å²) in [5, 5.41) is 1.13. The number of rotatable bonds is 4. The van der Waals surface area contributed by atoms with Crippen molar-refractivity contribution in [3.63, 3.8) is 0 Å². The number of hydrogen-bond acceptors (Lipinski definition) is 2. The minimum absolute atomic E-state index is 0.205. The van der Waals surface area contributed by atoms with Crippen LogP contribution in [-0.2, 0) is 6.42 Å². The molecular formula is C26H22N2O2. The SMILES string of the molecule is Cc1cc(C)cc(-c2[nH]c3ccccc3c2CCN2C(=O)c3ccccc3C2=O)c1. The molecule has 0 bridgehead atoms. The highest BCUT2D eigenvalue weighted by atomic mass is 16.2. The van der Waals surface area contributed by atoms with Crippen molar-refractivity contribution < 1.29 is 9.59 Å². The van der Waals surface area contributed by atoms with Gasteiger partial charge in [-0.25, -0.2) is 0 Å². The summed E-state index contributed by atoms with van der Waals surface area (Å²) in [5.41, 5.74) is 7.77. The summed E-state index contributed by atoms with van der Waals surface area (Å²) in [5.74, 6) is -0.410. The number of amides is 2. The molecule has 0 atom stereocenters. The number of H-pyrrole nitrogens is 1. The Morgan fingerprint density at radius 1 is 0.800 bits per heavy atom. The molecule has 2 heterocycles. The Morgan fingerprint density at radius 2 is 1.40 bits per heavy atom. The Morgan fingerprint density at radius 3 is 2.07 bits per heavy atom. The van der Waals surface area contributed by atoms with Gasteiger partial charge in [-0.1, -0.05) is 47.5 Å². The van der Waals surface area contributed by atoms with Gasteiger partial charge in [0.05, 0.1) is 11.1 Å². The standard InChI is InChI=1S/C26H22N2O2/c1-16-13-17(2)15-18(14-16)24-20(19-7-5-6-10-23(19)27-24)11-12-28-25(29)21-8-3-4-9-22(21)26(28)30/h3-10,13-15,27H,11-12H2,1-2H3. The second-order valence-corrected chi connectivity index (χ2v) is 7.96. The van der Waals surface area contributed by atoms with Gasteiger partial charge >= 0.3 is 0 Å². The van der Waals surface area contributed by atoms with Crippen LogP contribution in [0, 0.1) is 13.8 Å². The van der Waals surface area contributed by atoms with E-state index in [1.54, 1.807) is 24.3 Å². The summed E-state index contributed by atoms with van der Waals surface area (Å²) in [4.78, 5) is 30.5. The normalized spacial score (nSPS) is 13.3. The number of fused-ring (bicyclic) bond motifs is 2. The number of aryl methyl sites for hydroxylation is 2. The van der Waals surface area contributed by atoms with Crippen molar-refractivity contribution in [2.45, 2.75) is 20.3 Å². The monoisotopic (exact) mass is 394 g/mol. The van der Waals surface area contributed by atoms with Crippen LogP contribution in [0.25, 0.3) is 22.2 Å². The predicted molar refractivity (Wildman–Crippen MR) is 119 cm³/mol. The summed E-state index contributed by atoms with van der Waals surface area (Å²) in [7, 11) is 0. The maximum absolute atomic E-state index is 12.8. The van der Waals surface area contributed by atoms with Crippen molar-refractivity contribution in [2.75, 3.05) is 6.54 Å². The van der Waals surface area contributed by atoms with E-state index < -0.39 is 0 Å². The van der Waals surface area contributed by atoms with Crippen molar-refractivity contribution in [2.24, 2.45) is 0 Å². The molecule has 1 aliphatic heterocycles. The lowest BCUT2D eigenvalue weighted by atomic mass is 9.99. The molecule has 0 saturated carbocycles. The van der Waals surface area contributed by atoms with Crippen LogP contribution in [0.4, 0.5) is 0 Å². The average Bonchev–Trinajstić information content (AvgIpc) is 3.22. The first-order chi connectivity index (χ1) is 14.5. The van der Waals surface area contributed by atoms with Gasteiger partial charge in [-0.3, -0.25) is 14.5 Å². The zero-order chi connectivity index (χ0) is 20.8. The number of carbonyl (C=O) groups is 2. The Labute approximate surface area is 175 Å². The molecule has 4 heteroatoms. The van der Waals surface area contributed by atoms with E-state index in [4.69, 9.17) is 0 Å². The van der Waals surface area contributed by atoms with Crippen LogP contribution >= 0.6 is 0 Å². The fraction of sp³-hybridized carbons (Fsp3) is 0.154. The molecule has 5 rings (SSSR count). The van der Waals surface area contributed by atoms with Gasteiger partial charge in [-0.15, -0.1) is 0 Å². The molecule has 0 aliphatic carbocycles. The average molecular weight is 394 g/mol. The van der Waals surface area contributed by atoms with Gasteiger partial charge < -0.3 is 4.98 Å². The fourth-order valence-corrected chi connectivity index (χ4v) is 4.49. The van der Waals surface area contributed by atoms with Crippen molar-refractivity contribution in [3.8, 4) is 11.3 Å². The maximum atomic E-state index is 12.8. The topological polar surface area (TPSA) is 53.2 Å². The second-order valence-electron chi connectivity index (χ2n) is 7.96. The van der Waals surface area contributed by atoms with Gasteiger partial charge in [0, 0.05) is 23.1 Å². The highest BCUT2D eigenvalue weighted by molar-refractivity contribution is 6.21. The number of carbonyl (C=O) groups excluding carboxylic acids is 2. The summed E-state index contributed by atoms with van der Waals surface area (Å²) in [6.07, 6.45) is 0.595. The highest BCUT2D eigenvalue weighted by Gasteiger charge is 2.34.